The highest BCUT2D eigenvalue weighted by atomic mass is 35.5. The minimum Gasteiger partial charge on any atom is -0.495 e. The summed E-state index contributed by atoms with van der Waals surface area (Å²) in [5.41, 5.74) is 3.24. The van der Waals surface area contributed by atoms with Crippen LogP contribution in [0.15, 0.2) is 42.5 Å². The van der Waals surface area contributed by atoms with E-state index in [2.05, 4.69) is 46.3 Å². The van der Waals surface area contributed by atoms with Crippen molar-refractivity contribution in [1.29, 1.82) is 0 Å². The summed E-state index contributed by atoms with van der Waals surface area (Å²) in [6, 6.07) is 13.8. The molecular formula is C21H26ClN3O2. The van der Waals surface area contributed by atoms with Gasteiger partial charge in [0.1, 0.15) is 5.75 Å². The van der Waals surface area contributed by atoms with Gasteiger partial charge in [-0.25, -0.2) is 0 Å². The second-order valence-corrected chi connectivity index (χ2v) is 7.37. The Balaban J connectivity index is 1.47. The van der Waals surface area contributed by atoms with Crippen molar-refractivity contribution in [3.05, 3.63) is 58.6 Å². The third kappa shape index (κ3) is 5.70. The van der Waals surface area contributed by atoms with Gasteiger partial charge in [0, 0.05) is 37.7 Å². The normalized spacial score (nSPS) is 15.5. The lowest BCUT2D eigenvalue weighted by Gasteiger charge is -2.34. The summed E-state index contributed by atoms with van der Waals surface area (Å²) in [5.74, 6) is 0.554. The molecule has 1 fully saturated rings. The summed E-state index contributed by atoms with van der Waals surface area (Å²) in [5, 5.41) is 3.47. The predicted octanol–water partition coefficient (Wildman–Crippen LogP) is 3.41. The number of amides is 1. The molecule has 144 valence electrons. The Hall–Kier alpha value is -2.08. The number of aryl methyl sites for hydroxylation is 1. The molecule has 0 atom stereocenters. The van der Waals surface area contributed by atoms with Gasteiger partial charge in [0.15, 0.2) is 0 Å². The number of anilines is 1. The number of nitrogens with one attached hydrogen (secondary N) is 1. The van der Waals surface area contributed by atoms with E-state index >= 15 is 0 Å². The first-order valence-corrected chi connectivity index (χ1v) is 9.55. The van der Waals surface area contributed by atoms with Crippen LogP contribution in [0.2, 0.25) is 5.02 Å². The Morgan fingerprint density at radius 2 is 1.85 bits per heavy atom. The molecular weight excluding hydrogens is 362 g/mol. The third-order valence-electron chi connectivity index (χ3n) is 4.76. The molecule has 2 aromatic rings. The second kappa shape index (κ2) is 9.22. The zero-order chi connectivity index (χ0) is 19.2. The topological polar surface area (TPSA) is 44.8 Å². The summed E-state index contributed by atoms with van der Waals surface area (Å²) in [7, 11) is 1.58. The Labute approximate surface area is 165 Å². The maximum Gasteiger partial charge on any atom is 0.238 e. The van der Waals surface area contributed by atoms with E-state index in [0.29, 0.717) is 23.0 Å². The van der Waals surface area contributed by atoms with Gasteiger partial charge in [-0.3, -0.25) is 14.6 Å². The smallest absolute Gasteiger partial charge is 0.238 e. The number of hydrogen-bond donors (Lipinski definition) is 1. The highest BCUT2D eigenvalue weighted by molar-refractivity contribution is 6.31. The van der Waals surface area contributed by atoms with E-state index < -0.39 is 0 Å². The molecule has 0 unspecified atom stereocenters. The quantitative estimate of drug-likeness (QED) is 0.825. The molecule has 27 heavy (non-hydrogen) atoms. The van der Waals surface area contributed by atoms with Crippen molar-refractivity contribution in [3.8, 4) is 5.75 Å². The number of halogens is 1. The molecule has 6 heteroatoms. The van der Waals surface area contributed by atoms with Crippen LogP contribution in [0.3, 0.4) is 0 Å². The Bertz CT molecular complexity index is 789. The Kier molecular flexibility index (Phi) is 6.72. The van der Waals surface area contributed by atoms with Gasteiger partial charge in [-0.1, -0.05) is 41.4 Å². The number of benzene rings is 2. The van der Waals surface area contributed by atoms with E-state index in [1.807, 2.05) is 0 Å². The fraction of sp³-hybridized carbons (Fsp3) is 0.381. The van der Waals surface area contributed by atoms with Crippen molar-refractivity contribution < 1.29 is 9.53 Å². The van der Waals surface area contributed by atoms with Gasteiger partial charge in [0.05, 0.1) is 19.3 Å². The number of hydrogen-bond acceptors (Lipinski definition) is 4. The van der Waals surface area contributed by atoms with Gasteiger partial charge < -0.3 is 10.1 Å². The zero-order valence-corrected chi connectivity index (χ0v) is 16.6. The van der Waals surface area contributed by atoms with Crippen molar-refractivity contribution in [2.75, 3.05) is 45.2 Å². The maximum absolute atomic E-state index is 12.4. The fourth-order valence-electron chi connectivity index (χ4n) is 3.34. The minimum atomic E-state index is -0.0531. The predicted molar refractivity (Wildman–Crippen MR) is 110 cm³/mol. The van der Waals surface area contributed by atoms with E-state index in [0.717, 1.165) is 32.7 Å². The standard InChI is InChI=1S/C21H26ClN3O2/c1-16-4-3-5-17(12-16)14-24-8-10-25(11-9-24)15-21(26)23-19-13-18(22)6-7-20(19)27-2/h3-7,12-13H,8-11,14-15H2,1-2H3,(H,23,26). The molecule has 1 saturated heterocycles. The molecule has 2 aromatic carbocycles. The van der Waals surface area contributed by atoms with Crippen LogP contribution in [-0.2, 0) is 11.3 Å². The van der Waals surface area contributed by atoms with E-state index in [1.54, 1.807) is 25.3 Å². The first-order chi connectivity index (χ1) is 13.0. The number of methoxy groups -OCH3 is 1. The van der Waals surface area contributed by atoms with Gasteiger partial charge in [0.2, 0.25) is 5.91 Å². The summed E-state index contributed by atoms with van der Waals surface area (Å²) in [6.07, 6.45) is 0. The van der Waals surface area contributed by atoms with Crippen LogP contribution >= 0.6 is 11.6 Å². The molecule has 0 aliphatic carbocycles. The number of carbonyl (C=O) groups is 1. The van der Waals surface area contributed by atoms with E-state index in [1.165, 1.54) is 11.1 Å². The van der Waals surface area contributed by atoms with Crippen molar-refractivity contribution in [1.82, 2.24) is 9.80 Å². The van der Waals surface area contributed by atoms with Gasteiger partial charge in [0.25, 0.3) is 0 Å². The average molecular weight is 388 g/mol. The van der Waals surface area contributed by atoms with Crippen LogP contribution < -0.4 is 10.1 Å². The zero-order valence-electron chi connectivity index (χ0n) is 15.9. The SMILES string of the molecule is COc1ccc(Cl)cc1NC(=O)CN1CCN(Cc2cccc(C)c2)CC1. The second-order valence-electron chi connectivity index (χ2n) is 6.93. The molecule has 0 bridgehead atoms. The Morgan fingerprint density at radius 3 is 2.56 bits per heavy atom. The number of carbonyl (C=O) groups excluding carboxylic acids is 1. The Morgan fingerprint density at radius 1 is 1.11 bits per heavy atom. The van der Waals surface area contributed by atoms with Gasteiger partial charge in [-0.05, 0) is 30.7 Å². The van der Waals surface area contributed by atoms with E-state index in [-0.39, 0.29) is 5.91 Å². The van der Waals surface area contributed by atoms with Crippen LogP contribution in [0.25, 0.3) is 0 Å². The van der Waals surface area contributed by atoms with Gasteiger partial charge in [-0.15, -0.1) is 0 Å². The highest BCUT2D eigenvalue weighted by Gasteiger charge is 2.19. The first kappa shape index (κ1) is 19.7. The molecule has 5 nitrogen and oxygen atoms in total. The maximum atomic E-state index is 12.4. The molecule has 0 saturated carbocycles. The molecule has 1 amide bonds. The van der Waals surface area contributed by atoms with Crippen LogP contribution in [0.1, 0.15) is 11.1 Å². The summed E-state index contributed by atoms with van der Waals surface area (Å²) in [4.78, 5) is 17.0. The fourth-order valence-corrected chi connectivity index (χ4v) is 3.52. The molecule has 1 aliphatic heterocycles. The number of rotatable bonds is 6. The monoisotopic (exact) mass is 387 g/mol. The summed E-state index contributed by atoms with van der Waals surface area (Å²) in [6.45, 7) is 7.13. The first-order valence-electron chi connectivity index (χ1n) is 9.17. The van der Waals surface area contributed by atoms with Crippen molar-refractivity contribution >= 4 is 23.2 Å². The molecule has 1 N–H and O–H groups in total. The van der Waals surface area contributed by atoms with Crippen LogP contribution in [0, 0.1) is 6.92 Å². The molecule has 1 heterocycles. The largest absolute Gasteiger partial charge is 0.495 e. The van der Waals surface area contributed by atoms with E-state index in [4.69, 9.17) is 16.3 Å². The molecule has 0 aromatic heterocycles. The van der Waals surface area contributed by atoms with Gasteiger partial charge >= 0.3 is 0 Å². The van der Waals surface area contributed by atoms with Crippen molar-refractivity contribution in [2.24, 2.45) is 0 Å². The third-order valence-corrected chi connectivity index (χ3v) is 4.99. The number of piperazine rings is 1. The summed E-state index contributed by atoms with van der Waals surface area (Å²) < 4.78 is 5.28. The molecule has 1 aliphatic rings. The van der Waals surface area contributed by atoms with Crippen molar-refractivity contribution in [2.45, 2.75) is 13.5 Å². The average Bonchev–Trinajstić information content (AvgIpc) is 2.63. The van der Waals surface area contributed by atoms with Crippen LogP contribution in [0.5, 0.6) is 5.75 Å². The lowest BCUT2D eigenvalue weighted by molar-refractivity contribution is -0.117. The molecule has 3 rings (SSSR count). The molecule has 0 spiro atoms. The van der Waals surface area contributed by atoms with Crippen LogP contribution in [0.4, 0.5) is 5.69 Å². The van der Waals surface area contributed by atoms with Gasteiger partial charge in [-0.2, -0.15) is 0 Å². The van der Waals surface area contributed by atoms with Crippen LogP contribution in [-0.4, -0.2) is 55.5 Å². The van der Waals surface area contributed by atoms with E-state index in [9.17, 15) is 4.79 Å². The highest BCUT2D eigenvalue weighted by Crippen LogP contribution is 2.27. The lowest BCUT2D eigenvalue weighted by Crippen LogP contribution is -2.48. The minimum absolute atomic E-state index is 0.0531. The van der Waals surface area contributed by atoms with Crippen molar-refractivity contribution in [3.63, 3.8) is 0 Å². The lowest BCUT2D eigenvalue weighted by atomic mass is 10.1. The number of ether oxygens (including phenoxy) is 1. The molecule has 0 radical (unpaired) electrons. The number of nitrogens with zero attached hydrogens (tertiary/aromatic N) is 2. The summed E-state index contributed by atoms with van der Waals surface area (Å²) >= 11 is 6.02.